The van der Waals surface area contributed by atoms with E-state index in [1.54, 1.807) is 24.3 Å². The lowest BCUT2D eigenvalue weighted by atomic mass is 10.2. The highest BCUT2D eigenvalue weighted by atomic mass is 32.2. The summed E-state index contributed by atoms with van der Waals surface area (Å²) in [4.78, 5) is 25.2. The van der Waals surface area contributed by atoms with Crippen molar-refractivity contribution in [3.8, 4) is 6.07 Å². The molecule has 2 aromatic carbocycles. The zero-order chi connectivity index (χ0) is 19.1. The standard InChI is InChI=1S/C20H20N2O3S/c1-13-7-8-14(2)18(9-13)26-12-19(23)25-15(3)20(24)22-17-6-4-5-16(10-17)11-21/h4-10,15H,12H2,1-3H3,(H,22,24)/t15-/m0/s1. The van der Waals surface area contributed by atoms with Crippen molar-refractivity contribution >= 4 is 29.3 Å². The molecule has 2 aromatic rings. The Morgan fingerprint density at radius 1 is 1.23 bits per heavy atom. The number of benzene rings is 2. The molecule has 0 aliphatic rings. The number of ether oxygens (including phenoxy) is 1. The SMILES string of the molecule is Cc1ccc(C)c(SCC(=O)O[C@@H](C)C(=O)Nc2cccc(C#N)c2)c1. The van der Waals surface area contributed by atoms with Gasteiger partial charge >= 0.3 is 5.97 Å². The summed E-state index contributed by atoms with van der Waals surface area (Å²) in [7, 11) is 0. The number of nitrogens with zero attached hydrogens (tertiary/aromatic N) is 1. The lowest BCUT2D eigenvalue weighted by Gasteiger charge is -2.14. The highest BCUT2D eigenvalue weighted by molar-refractivity contribution is 8.00. The molecule has 0 spiro atoms. The molecule has 0 aromatic heterocycles. The molecule has 0 unspecified atom stereocenters. The van der Waals surface area contributed by atoms with E-state index in [9.17, 15) is 9.59 Å². The smallest absolute Gasteiger partial charge is 0.317 e. The van der Waals surface area contributed by atoms with Crippen LogP contribution in [0.15, 0.2) is 47.4 Å². The van der Waals surface area contributed by atoms with Gasteiger partial charge in [0.15, 0.2) is 6.10 Å². The topological polar surface area (TPSA) is 79.2 Å². The summed E-state index contributed by atoms with van der Waals surface area (Å²) in [5.41, 5.74) is 3.15. The van der Waals surface area contributed by atoms with E-state index in [1.165, 1.54) is 18.7 Å². The highest BCUT2D eigenvalue weighted by Gasteiger charge is 2.18. The maximum Gasteiger partial charge on any atom is 0.317 e. The number of aryl methyl sites for hydroxylation is 2. The predicted octanol–water partition coefficient (Wildman–Crippen LogP) is 3.84. The van der Waals surface area contributed by atoms with Gasteiger partial charge in [-0.15, -0.1) is 11.8 Å². The Hall–Kier alpha value is -2.78. The predicted molar refractivity (Wildman–Crippen MR) is 102 cm³/mol. The molecule has 0 aliphatic carbocycles. The number of anilines is 1. The second kappa shape index (κ2) is 9.07. The molecule has 0 saturated carbocycles. The van der Waals surface area contributed by atoms with Crippen molar-refractivity contribution in [2.75, 3.05) is 11.1 Å². The van der Waals surface area contributed by atoms with E-state index in [1.807, 2.05) is 38.1 Å². The molecule has 5 nitrogen and oxygen atoms in total. The number of nitrogens with one attached hydrogen (secondary N) is 1. The maximum atomic E-state index is 12.1. The zero-order valence-corrected chi connectivity index (χ0v) is 15.7. The number of carbonyl (C=O) groups excluding carboxylic acids is 2. The summed E-state index contributed by atoms with van der Waals surface area (Å²) in [6.45, 7) is 5.50. The Kier molecular flexibility index (Phi) is 6.81. The van der Waals surface area contributed by atoms with E-state index in [2.05, 4.69) is 5.32 Å². The van der Waals surface area contributed by atoms with Crippen molar-refractivity contribution in [1.82, 2.24) is 0 Å². The van der Waals surface area contributed by atoms with Gasteiger partial charge in [-0.1, -0.05) is 23.8 Å². The first-order chi connectivity index (χ1) is 12.4. The van der Waals surface area contributed by atoms with Gasteiger partial charge in [0, 0.05) is 10.6 Å². The number of thioether (sulfide) groups is 1. The fourth-order valence-corrected chi connectivity index (χ4v) is 3.10. The van der Waals surface area contributed by atoms with Crippen LogP contribution in [0.3, 0.4) is 0 Å². The number of esters is 1. The van der Waals surface area contributed by atoms with Gasteiger partial charge in [-0.05, 0) is 50.6 Å². The molecular weight excluding hydrogens is 348 g/mol. The van der Waals surface area contributed by atoms with Gasteiger partial charge in [-0.3, -0.25) is 9.59 Å². The zero-order valence-electron chi connectivity index (χ0n) is 14.9. The molecule has 0 bridgehead atoms. The van der Waals surface area contributed by atoms with Crippen LogP contribution >= 0.6 is 11.8 Å². The molecule has 0 aliphatic heterocycles. The highest BCUT2D eigenvalue weighted by Crippen LogP contribution is 2.23. The summed E-state index contributed by atoms with van der Waals surface area (Å²) < 4.78 is 5.20. The minimum absolute atomic E-state index is 0.131. The summed E-state index contributed by atoms with van der Waals surface area (Å²) in [6.07, 6.45) is -0.924. The Balaban J connectivity index is 1.86. The Morgan fingerprint density at radius 2 is 2.00 bits per heavy atom. The maximum absolute atomic E-state index is 12.1. The summed E-state index contributed by atoms with van der Waals surface area (Å²) in [6, 6.07) is 14.6. The number of carbonyl (C=O) groups is 2. The number of amides is 1. The van der Waals surface area contributed by atoms with Crippen molar-refractivity contribution in [1.29, 1.82) is 5.26 Å². The van der Waals surface area contributed by atoms with Crippen LogP contribution in [0.4, 0.5) is 5.69 Å². The molecule has 26 heavy (non-hydrogen) atoms. The van der Waals surface area contributed by atoms with Crippen LogP contribution in [0.2, 0.25) is 0 Å². The molecule has 0 fully saturated rings. The first-order valence-corrected chi connectivity index (χ1v) is 9.08. The average Bonchev–Trinajstić information content (AvgIpc) is 2.62. The minimum atomic E-state index is -0.924. The third kappa shape index (κ3) is 5.64. The molecule has 134 valence electrons. The van der Waals surface area contributed by atoms with E-state index in [0.717, 1.165) is 16.0 Å². The van der Waals surface area contributed by atoms with Gasteiger partial charge in [0.05, 0.1) is 17.4 Å². The molecule has 0 heterocycles. The second-order valence-corrected chi connectivity index (χ2v) is 6.89. The lowest BCUT2D eigenvalue weighted by Crippen LogP contribution is -2.30. The average molecular weight is 368 g/mol. The van der Waals surface area contributed by atoms with Crippen LogP contribution < -0.4 is 5.32 Å². The minimum Gasteiger partial charge on any atom is -0.452 e. The summed E-state index contributed by atoms with van der Waals surface area (Å²) in [5.74, 6) is -0.763. The van der Waals surface area contributed by atoms with Crippen molar-refractivity contribution in [3.05, 3.63) is 59.2 Å². The number of nitriles is 1. The fourth-order valence-electron chi connectivity index (χ4n) is 2.19. The lowest BCUT2D eigenvalue weighted by molar-refractivity contribution is -0.150. The molecule has 0 saturated heterocycles. The second-order valence-electron chi connectivity index (χ2n) is 5.87. The first kappa shape index (κ1) is 19.5. The van der Waals surface area contributed by atoms with Gasteiger partial charge in [0.2, 0.25) is 0 Å². The first-order valence-electron chi connectivity index (χ1n) is 8.09. The third-order valence-corrected chi connectivity index (χ3v) is 4.76. The van der Waals surface area contributed by atoms with Gasteiger partial charge in [-0.25, -0.2) is 0 Å². The molecule has 1 amide bonds. The fraction of sp³-hybridized carbons (Fsp3) is 0.250. The van der Waals surface area contributed by atoms with Gasteiger partial charge in [-0.2, -0.15) is 5.26 Å². The van der Waals surface area contributed by atoms with Crippen LogP contribution in [0.1, 0.15) is 23.6 Å². The summed E-state index contributed by atoms with van der Waals surface area (Å²) >= 11 is 1.39. The van der Waals surface area contributed by atoms with Crippen molar-refractivity contribution < 1.29 is 14.3 Å². The van der Waals surface area contributed by atoms with Gasteiger partial charge < -0.3 is 10.1 Å². The van der Waals surface area contributed by atoms with Gasteiger partial charge in [0.25, 0.3) is 5.91 Å². The monoisotopic (exact) mass is 368 g/mol. The molecule has 0 radical (unpaired) electrons. The number of rotatable bonds is 6. The van der Waals surface area contributed by atoms with Crippen molar-refractivity contribution in [3.63, 3.8) is 0 Å². The Morgan fingerprint density at radius 3 is 2.73 bits per heavy atom. The van der Waals surface area contributed by atoms with Crippen molar-refractivity contribution in [2.24, 2.45) is 0 Å². The number of hydrogen-bond acceptors (Lipinski definition) is 5. The van der Waals surface area contributed by atoms with E-state index >= 15 is 0 Å². The van der Waals surface area contributed by atoms with Crippen LogP contribution in [-0.2, 0) is 14.3 Å². The van der Waals surface area contributed by atoms with Crippen LogP contribution in [-0.4, -0.2) is 23.7 Å². The van der Waals surface area contributed by atoms with Crippen LogP contribution in [0.25, 0.3) is 0 Å². The number of hydrogen-bond donors (Lipinski definition) is 1. The molecule has 6 heteroatoms. The Bertz CT molecular complexity index is 858. The molecule has 2 rings (SSSR count). The van der Waals surface area contributed by atoms with E-state index < -0.39 is 18.0 Å². The van der Waals surface area contributed by atoms with Crippen LogP contribution in [0.5, 0.6) is 0 Å². The Labute approximate surface area is 157 Å². The van der Waals surface area contributed by atoms with E-state index in [0.29, 0.717) is 11.3 Å². The van der Waals surface area contributed by atoms with Crippen LogP contribution in [0, 0.1) is 25.2 Å². The largest absolute Gasteiger partial charge is 0.452 e. The van der Waals surface area contributed by atoms with E-state index in [-0.39, 0.29) is 5.75 Å². The van der Waals surface area contributed by atoms with Crippen molar-refractivity contribution in [2.45, 2.75) is 31.8 Å². The molecular formula is C20H20N2O3S. The normalized spacial score (nSPS) is 11.3. The van der Waals surface area contributed by atoms with Gasteiger partial charge in [0.1, 0.15) is 0 Å². The van der Waals surface area contributed by atoms with E-state index in [4.69, 9.17) is 10.00 Å². The quantitative estimate of drug-likeness (QED) is 0.619. The third-order valence-electron chi connectivity index (χ3n) is 3.63. The molecule has 1 N–H and O–H groups in total. The molecule has 1 atom stereocenters. The summed E-state index contributed by atoms with van der Waals surface area (Å²) in [5, 5.41) is 11.5.